The lowest BCUT2D eigenvalue weighted by molar-refractivity contribution is -0.384. The molecule has 1 saturated heterocycles. The second-order valence-electron chi connectivity index (χ2n) is 8.13. The number of carbonyl (C=O) groups is 4. The number of benzene rings is 3. The number of carbonyl (C=O) groups excluding carboxylic acids is 4. The lowest BCUT2D eigenvalue weighted by Crippen LogP contribution is -2.54. The second-order valence-corrected chi connectivity index (χ2v) is 8.53. The fourth-order valence-electron chi connectivity index (χ4n) is 3.57. The highest BCUT2D eigenvalue weighted by Crippen LogP contribution is 2.28. The number of amides is 5. The molecule has 0 unspecified atom stereocenters. The number of barbiturate groups is 1. The molecule has 3 aromatic carbocycles. The van der Waals surface area contributed by atoms with Crippen LogP contribution in [0.15, 0.2) is 72.3 Å². The predicted molar refractivity (Wildman–Crippen MR) is 139 cm³/mol. The Morgan fingerprint density at radius 1 is 1.11 bits per heavy atom. The minimum Gasteiger partial charge on any atom is -0.482 e. The van der Waals surface area contributed by atoms with E-state index in [1.165, 1.54) is 36.4 Å². The topological polar surface area (TPSA) is 148 Å². The van der Waals surface area contributed by atoms with E-state index in [1.54, 1.807) is 6.07 Å². The number of anilines is 2. The van der Waals surface area contributed by atoms with Crippen LogP contribution in [0.3, 0.4) is 0 Å². The van der Waals surface area contributed by atoms with E-state index in [0.717, 1.165) is 17.7 Å². The summed E-state index contributed by atoms with van der Waals surface area (Å²) in [6, 6.07) is 15.4. The first-order valence-electron chi connectivity index (χ1n) is 11.1. The molecule has 0 radical (unpaired) electrons. The van der Waals surface area contributed by atoms with Gasteiger partial charge in [0, 0.05) is 17.8 Å². The summed E-state index contributed by atoms with van der Waals surface area (Å²) in [6.07, 6.45) is 1.24. The SMILES string of the molecule is Cc1cccc(NC(=O)COc2ccc(/C=C3\C(=O)NC(=O)N(c4ccc([N+](=O)[O-])cc4)C3=O)cc2Cl)c1. The van der Waals surface area contributed by atoms with Gasteiger partial charge in [0.15, 0.2) is 6.61 Å². The van der Waals surface area contributed by atoms with E-state index in [0.29, 0.717) is 16.2 Å². The average Bonchev–Trinajstić information content (AvgIpc) is 2.86. The molecule has 4 rings (SSSR count). The molecule has 1 fully saturated rings. The molecule has 0 atom stereocenters. The standard InChI is InChI=1S/C26H19ClN4O7/c1-15-3-2-4-17(11-15)28-23(32)14-38-22-10-5-16(13-21(22)27)12-20-24(33)29-26(35)30(25(20)34)18-6-8-19(9-7-18)31(36)37/h2-13H,14H2,1H3,(H,28,32)(H,29,33,35)/b20-12+. The number of urea groups is 1. The Kier molecular flexibility index (Phi) is 7.49. The number of non-ortho nitro benzene ring substituents is 1. The van der Waals surface area contributed by atoms with Crippen LogP contribution in [0.2, 0.25) is 5.02 Å². The maximum Gasteiger partial charge on any atom is 0.335 e. The minimum atomic E-state index is -0.989. The summed E-state index contributed by atoms with van der Waals surface area (Å²) in [5.41, 5.74) is 1.43. The Bertz CT molecular complexity index is 1500. The molecular formula is C26H19ClN4O7. The van der Waals surface area contributed by atoms with Crippen LogP contribution in [0.5, 0.6) is 5.75 Å². The van der Waals surface area contributed by atoms with E-state index in [-0.39, 0.29) is 34.3 Å². The molecule has 1 aliphatic rings. The molecule has 0 aliphatic carbocycles. The molecule has 12 heteroatoms. The Balaban J connectivity index is 1.48. The van der Waals surface area contributed by atoms with Crippen molar-refractivity contribution in [1.82, 2.24) is 5.32 Å². The zero-order valence-corrected chi connectivity index (χ0v) is 20.5. The van der Waals surface area contributed by atoms with Crippen LogP contribution in [0, 0.1) is 17.0 Å². The maximum absolute atomic E-state index is 13.0. The van der Waals surface area contributed by atoms with Crippen molar-refractivity contribution >= 4 is 58.5 Å². The van der Waals surface area contributed by atoms with Gasteiger partial charge in [-0.3, -0.25) is 29.8 Å². The van der Waals surface area contributed by atoms with Gasteiger partial charge in [-0.05, 0) is 60.5 Å². The van der Waals surface area contributed by atoms with Crippen LogP contribution in [0.25, 0.3) is 6.08 Å². The van der Waals surface area contributed by atoms with Crippen LogP contribution >= 0.6 is 11.6 Å². The van der Waals surface area contributed by atoms with Crippen molar-refractivity contribution in [3.05, 3.63) is 98.6 Å². The number of ether oxygens (including phenoxy) is 1. The second kappa shape index (κ2) is 10.9. The van der Waals surface area contributed by atoms with Gasteiger partial charge in [-0.25, -0.2) is 9.69 Å². The van der Waals surface area contributed by atoms with Crippen molar-refractivity contribution in [2.75, 3.05) is 16.8 Å². The number of nitrogens with one attached hydrogen (secondary N) is 2. The van der Waals surface area contributed by atoms with Crippen LogP contribution < -0.4 is 20.3 Å². The number of imide groups is 2. The van der Waals surface area contributed by atoms with Gasteiger partial charge in [0.25, 0.3) is 23.4 Å². The Hall–Kier alpha value is -5.03. The summed E-state index contributed by atoms with van der Waals surface area (Å²) in [6.45, 7) is 1.60. The van der Waals surface area contributed by atoms with Gasteiger partial charge in [0.2, 0.25) is 0 Å². The molecule has 0 bridgehead atoms. The normalized spacial score (nSPS) is 14.3. The first kappa shape index (κ1) is 26.0. The van der Waals surface area contributed by atoms with Gasteiger partial charge in [-0.2, -0.15) is 0 Å². The first-order valence-corrected chi connectivity index (χ1v) is 11.4. The molecule has 11 nitrogen and oxygen atoms in total. The number of nitrogens with zero attached hydrogens (tertiary/aromatic N) is 2. The van der Waals surface area contributed by atoms with Crippen molar-refractivity contribution in [2.45, 2.75) is 6.92 Å². The van der Waals surface area contributed by atoms with Crippen molar-refractivity contribution in [1.29, 1.82) is 0 Å². The lowest BCUT2D eigenvalue weighted by atomic mass is 10.1. The average molecular weight is 535 g/mol. The number of nitro groups is 1. The molecule has 0 saturated carbocycles. The zero-order valence-electron chi connectivity index (χ0n) is 19.8. The molecule has 0 spiro atoms. The van der Waals surface area contributed by atoms with E-state index in [9.17, 15) is 29.3 Å². The summed E-state index contributed by atoms with van der Waals surface area (Å²) in [4.78, 5) is 60.9. The molecule has 38 heavy (non-hydrogen) atoms. The van der Waals surface area contributed by atoms with Crippen LogP contribution in [0.1, 0.15) is 11.1 Å². The number of rotatable bonds is 7. The molecule has 1 aliphatic heterocycles. The molecule has 192 valence electrons. The Morgan fingerprint density at radius 2 is 1.84 bits per heavy atom. The molecule has 5 amide bonds. The van der Waals surface area contributed by atoms with Gasteiger partial charge in [-0.1, -0.05) is 29.8 Å². The molecule has 0 aromatic heterocycles. The van der Waals surface area contributed by atoms with Gasteiger partial charge in [-0.15, -0.1) is 0 Å². The fraction of sp³-hybridized carbons (Fsp3) is 0.0769. The highest BCUT2D eigenvalue weighted by Gasteiger charge is 2.37. The quantitative estimate of drug-likeness (QED) is 0.199. The number of aryl methyl sites for hydroxylation is 1. The number of hydrogen-bond acceptors (Lipinski definition) is 7. The van der Waals surface area contributed by atoms with Crippen molar-refractivity contribution in [3.8, 4) is 5.75 Å². The summed E-state index contributed by atoms with van der Waals surface area (Å²) in [5, 5.41) is 15.8. The van der Waals surface area contributed by atoms with Crippen LogP contribution in [-0.4, -0.2) is 35.3 Å². The predicted octanol–water partition coefficient (Wildman–Crippen LogP) is 4.24. The fourth-order valence-corrected chi connectivity index (χ4v) is 3.81. The summed E-state index contributed by atoms with van der Waals surface area (Å²) < 4.78 is 5.49. The van der Waals surface area contributed by atoms with Crippen molar-refractivity contribution in [3.63, 3.8) is 0 Å². The highest BCUT2D eigenvalue weighted by molar-refractivity contribution is 6.39. The third-order valence-corrected chi connectivity index (χ3v) is 5.64. The molecule has 1 heterocycles. The van der Waals surface area contributed by atoms with Gasteiger partial charge in [0.05, 0.1) is 15.6 Å². The monoisotopic (exact) mass is 534 g/mol. The zero-order chi connectivity index (χ0) is 27.4. The van der Waals surface area contributed by atoms with Crippen LogP contribution in [-0.2, 0) is 14.4 Å². The van der Waals surface area contributed by atoms with Crippen molar-refractivity contribution in [2.24, 2.45) is 0 Å². The van der Waals surface area contributed by atoms with Gasteiger partial charge < -0.3 is 10.1 Å². The molecule has 2 N–H and O–H groups in total. The van der Waals surface area contributed by atoms with Crippen LogP contribution in [0.4, 0.5) is 21.9 Å². The van der Waals surface area contributed by atoms with E-state index >= 15 is 0 Å². The third-order valence-electron chi connectivity index (χ3n) is 5.35. The number of nitro benzene ring substituents is 1. The van der Waals surface area contributed by atoms with Gasteiger partial charge in [0.1, 0.15) is 11.3 Å². The first-order chi connectivity index (χ1) is 18.1. The van der Waals surface area contributed by atoms with E-state index in [1.807, 2.05) is 25.1 Å². The third kappa shape index (κ3) is 5.85. The summed E-state index contributed by atoms with van der Waals surface area (Å²) in [5.74, 6) is -2.02. The summed E-state index contributed by atoms with van der Waals surface area (Å²) >= 11 is 6.28. The summed E-state index contributed by atoms with van der Waals surface area (Å²) in [7, 11) is 0. The largest absolute Gasteiger partial charge is 0.482 e. The lowest BCUT2D eigenvalue weighted by Gasteiger charge is -2.26. The molecule has 3 aromatic rings. The Morgan fingerprint density at radius 3 is 2.50 bits per heavy atom. The van der Waals surface area contributed by atoms with Gasteiger partial charge >= 0.3 is 6.03 Å². The van der Waals surface area contributed by atoms with Crippen molar-refractivity contribution < 1.29 is 28.8 Å². The molecular weight excluding hydrogens is 516 g/mol. The smallest absolute Gasteiger partial charge is 0.335 e. The Labute approximate surface area is 220 Å². The van der Waals surface area contributed by atoms with E-state index in [4.69, 9.17) is 16.3 Å². The van der Waals surface area contributed by atoms with E-state index in [2.05, 4.69) is 10.6 Å². The van der Waals surface area contributed by atoms with E-state index < -0.39 is 28.7 Å². The number of halogens is 1. The maximum atomic E-state index is 13.0. The highest BCUT2D eigenvalue weighted by atomic mass is 35.5. The number of hydrogen-bond donors (Lipinski definition) is 2. The minimum absolute atomic E-state index is 0.0437.